The molecule has 0 aliphatic heterocycles. The molecule has 1 unspecified atom stereocenters. The fourth-order valence-corrected chi connectivity index (χ4v) is 1.94. The van der Waals surface area contributed by atoms with Gasteiger partial charge in [0.25, 0.3) is 6.41 Å². The largest absolute Gasteiger partial charge is 0.322 e. The Bertz CT molecular complexity index is 462. The Morgan fingerprint density at radius 3 is 2.30 bits per heavy atom. The topological polar surface area (TPSA) is 58.2 Å². The van der Waals surface area contributed by atoms with E-state index in [1.54, 1.807) is 14.1 Å². The second-order valence-corrected chi connectivity index (χ2v) is 5.47. The Hall–Kier alpha value is -1.92. The SMILES string of the molecule is CC[N+](C)(NC(=O)C[N+](C)(C)NC=O)c1ccccc1. The number of quaternary nitrogens is 2. The van der Waals surface area contributed by atoms with Gasteiger partial charge in [0.15, 0.2) is 12.2 Å². The first-order valence-electron chi connectivity index (χ1n) is 6.59. The highest BCUT2D eigenvalue weighted by Gasteiger charge is 2.29. The van der Waals surface area contributed by atoms with Gasteiger partial charge in [0, 0.05) is 12.1 Å². The zero-order chi connectivity index (χ0) is 15.2. The Morgan fingerprint density at radius 2 is 1.80 bits per heavy atom. The van der Waals surface area contributed by atoms with Crippen LogP contribution in [0.1, 0.15) is 6.92 Å². The third kappa shape index (κ3) is 4.32. The average Bonchev–Trinajstić information content (AvgIpc) is 2.38. The molecule has 20 heavy (non-hydrogen) atoms. The van der Waals surface area contributed by atoms with Gasteiger partial charge in [0.05, 0.1) is 21.1 Å². The predicted molar refractivity (Wildman–Crippen MR) is 79.0 cm³/mol. The number of amides is 2. The summed E-state index contributed by atoms with van der Waals surface area (Å²) in [5.74, 6) is -0.127. The summed E-state index contributed by atoms with van der Waals surface area (Å²) in [6.45, 7) is 2.90. The molecule has 110 valence electrons. The normalized spacial score (nSPS) is 14.2. The van der Waals surface area contributed by atoms with E-state index >= 15 is 0 Å². The maximum Gasteiger partial charge on any atom is 0.322 e. The lowest BCUT2D eigenvalue weighted by Gasteiger charge is -2.33. The summed E-state index contributed by atoms with van der Waals surface area (Å²) in [6.07, 6.45) is 0.596. The van der Waals surface area contributed by atoms with Gasteiger partial charge >= 0.3 is 5.91 Å². The van der Waals surface area contributed by atoms with Crippen LogP contribution in [0.2, 0.25) is 0 Å². The minimum atomic E-state index is -0.127. The minimum absolute atomic E-state index is 0.105. The maximum atomic E-state index is 12.2. The van der Waals surface area contributed by atoms with Gasteiger partial charge in [-0.05, 0) is 6.92 Å². The second kappa shape index (κ2) is 6.49. The van der Waals surface area contributed by atoms with Crippen LogP contribution in [0.3, 0.4) is 0 Å². The molecule has 0 heterocycles. The highest BCUT2D eigenvalue weighted by atomic mass is 16.2. The van der Waals surface area contributed by atoms with Crippen LogP contribution in [0.25, 0.3) is 0 Å². The molecule has 0 aliphatic carbocycles. The van der Waals surface area contributed by atoms with E-state index in [1.807, 2.05) is 44.3 Å². The van der Waals surface area contributed by atoms with E-state index < -0.39 is 0 Å². The lowest BCUT2D eigenvalue weighted by molar-refractivity contribution is -0.916. The van der Waals surface area contributed by atoms with Gasteiger partial charge in [-0.1, -0.05) is 18.2 Å². The quantitative estimate of drug-likeness (QED) is 0.432. The monoisotopic (exact) mass is 280 g/mol. The van der Waals surface area contributed by atoms with E-state index in [2.05, 4.69) is 10.9 Å². The third-order valence-corrected chi connectivity index (χ3v) is 3.27. The van der Waals surface area contributed by atoms with E-state index in [4.69, 9.17) is 0 Å². The zero-order valence-corrected chi connectivity index (χ0v) is 12.6. The van der Waals surface area contributed by atoms with Crippen molar-refractivity contribution >= 4 is 18.0 Å². The van der Waals surface area contributed by atoms with Gasteiger partial charge in [-0.15, -0.1) is 0 Å². The summed E-state index contributed by atoms with van der Waals surface area (Å²) in [4.78, 5) is 22.7. The van der Waals surface area contributed by atoms with E-state index in [1.165, 1.54) is 0 Å². The Balaban J connectivity index is 2.78. The first-order valence-corrected chi connectivity index (χ1v) is 6.59. The number of benzene rings is 1. The summed E-state index contributed by atoms with van der Waals surface area (Å²) in [5.41, 5.74) is 6.60. The summed E-state index contributed by atoms with van der Waals surface area (Å²) in [5, 5.41) is 0. The number of para-hydroxylation sites is 1. The number of carbonyl (C=O) groups is 2. The molecule has 1 rings (SSSR count). The molecule has 0 fully saturated rings. The van der Waals surface area contributed by atoms with Crippen LogP contribution < -0.4 is 15.4 Å². The van der Waals surface area contributed by atoms with Gasteiger partial charge in [-0.25, -0.2) is 10.0 Å². The van der Waals surface area contributed by atoms with Crippen molar-refractivity contribution in [1.82, 2.24) is 15.4 Å². The van der Waals surface area contributed by atoms with Crippen molar-refractivity contribution in [3.63, 3.8) is 0 Å². The van der Waals surface area contributed by atoms with Crippen molar-refractivity contribution in [3.8, 4) is 0 Å². The fraction of sp³-hybridized carbons (Fsp3) is 0.429. The molecule has 6 nitrogen and oxygen atoms in total. The van der Waals surface area contributed by atoms with Crippen LogP contribution in [0.4, 0.5) is 5.69 Å². The van der Waals surface area contributed by atoms with Gasteiger partial charge < -0.3 is 0 Å². The average molecular weight is 280 g/mol. The fourth-order valence-electron chi connectivity index (χ4n) is 1.94. The van der Waals surface area contributed by atoms with Crippen LogP contribution in [-0.4, -0.2) is 51.1 Å². The Labute approximate surface area is 120 Å². The minimum Gasteiger partial charge on any atom is -0.274 e. The standard InChI is InChI=1S/C14H22N4O2/c1-5-18(4,13-9-7-6-8-10-13)16-14(20)11-17(2,3)15-12-19/h6-10,12H,5,11H2,1-4H3/p+2. The molecular formula is C14H24N4O2+2. The number of hydrogen-bond donors (Lipinski definition) is 2. The summed E-state index contributed by atoms with van der Waals surface area (Å²) in [6, 6.07) is 9.80. The van der Waals surface area contributed by atoms with Crippen LogP contribution in [0.15, 0.2) is 30.3 Å². The summed E-state index contributed by atoms with van der Waals surface area (Å²) >= 11 is 0. The molecule has 6 heteroatoms. The molecule has 0 saturated carbocycles. The molecule has 1 aromatic rings. The van der Waals surface area contributed by atoms with E-state index in [0.29, 0.717) is 11.0 Å². The molecule has 0 radical (unpaired) electrons. The van der Waals surface area contributed by atoms with Crippen molar-refractivity contribution in [1.29, 1.82) is 0 Å². The molecule has 0 spiro atoms. The number of nitrogens with zero attached hydrogens (tertiary/aromatic N) is 2. The van der Waals surface area contributed by atoms with E-state index in [9.17, 15) is 9.59 Å². The molecular weight excluding hydrogens is 256 g/mol. The third-order valence-electron chi connectivity index (χ3n) is 3.27. The summed E-state index contributed by atoms with van der Waals surface area (Å²) < 4.78 is 0.425. The molecule has 2 amide bonds. The van der Waals surface area contributed by atoms with Gasteiger partial charge in [-0.3, -0.25) is 9.59 Å². The Kier molecular flexibility index (Phi) is 5.24. The highest BCUT2D eigenvalue weighted by Crippen LogP contribution is 2.17. The predicted octanol–water partition coefficient (Wildman–Crippen LogP) is 0.412. The zero-order valence-electron chi connectivity index (χ0n) is 12.6. The highest BCUT2D eigenvalue weighted by molar-refractivity contribution is 5.78. The van der Waals surface area contributed by atoms with Crippen molar-refractivity contribution in [2.75, 3.05) is 34.2 Å². The molecule has 0 saturated heterocycles. The lowest BCUT2D eigenvalue weighted by atomic mass is 10.3. The van der Waals surface area contributed by atoms with Crippen molar-refractivity contribution in [2.45, 2.75) is 6.92 Å². The van der Waals surface area contributed by atoms with Crippen molar-refractivity contribution < 1.29 is 14.2 Å². The molecule has 0 aliphatic rings. The van der Waals surface area contributed by atoms with Gasteiger partial charge in [0.2, 0.25) is 0 Å². The second-order valence-electron chi connectivity index (χ2n) is 5.47. The summed E-state index contributed by atoms with van der Waals surface area (Å²) in [7, 11) is 5.46. The van der Waals surface area contributed by atoms with Gasteiger partial charge in [-0.2, -0.15) is 10.0 Å². The number of rotatable bonds is 7. The molecule has 1 aromatic carbocycles. The molecule has 1 atom stereocenters. The van der Waals surface area contributed by atoms with Crippen LogP contribution in [-0.2, 0) is 9.59 Å². The first-order chi connectivity index (χ1) is 9.33. The number of hydrogen-bond acceptors (Lipinski definition) is 2. The van der Waals surface area contributed by atoms with Crippen LogP contribution in [0.5, 0.6) is 0 Å². The molecule has 0 aromatic heterocycles. The number of carbonyl (C=O) groups excluding carboxylic acids is 2. The smallest absolute Gasteiger partial charge is 0.274 e. The maximum absolute atomic E-state index is 12.2. The Morgan fingerprint density at radius 1 is 1.20 bits per heavy atom. The first kappa shape index (κ1) is 16.1. The lowest BCUT2D eigenvalue weighted by Crippen LogP contribution is -2.63. The van der Waals surface area contributed by atoms with Crippen LogP contribution >= 0.6 is 0 Å². The van der Waals surface area contributed by atoms with E-state index in [0.717, 1.165) is 12.2 Å². The van der Waals surface area contributed by atoms with Gasteiger partial charge in [0.1, 0.15) is 6.54 Å². The molecule has 0 bridgehead atoms. The van der Waals surface area contributed by atoms with Crippen LogP contribution in [0, 0.1) is 0 Å². The number of nitrogens with one attached hydrogen (secondary N) is 2. The van der Waals surface area contributed by atoms with E-state index in [-0.39, 0.29) is 17.0 Å². The van der Waals surface area contributed by atoms with Crippen molar-refractivity contribution in [2.24, 2.45) is 0 Å². The van der Waals surface area contributed by atoms with Crippen molar-refractivity contribution in [3.05, 3.63) is 30.3 Å². The number of likely N-dealkylation sites (N-methyl/N-ethyl adjacent to an activating group) is 1. The molecule has 2 N–H and O–H groups in total.